The summed E-state index contributed by atoms with van der Waals surface area (Å²) in [7, 11) is -3.83. The number of nitrogens with zero attached hydrogens (tertiary/aromatic N) is 4. The summed E-state index contributed by atoms with van der Waals surface area (Å²) in [5, 5.41) is 0. The highest BCUT2D eigenvalue weighted by Crippen LogP contribution is 2.19. The molecule has 0 aliphatic carbocycles. The fourth-order valence-corrected chi connectivity index (χ4v) is 5.76. The predicted molar refractivity (Wildman–Crippen MR) is 136 cm³/mol. The van der Waals surface area contributed by atoms with Gasteiger partial charge in [-0.25, -0.2) is 22.6 Å². The zero-order valence-corrected chi connectivity index (χ0v) is 20.9. The van der Waals surface area contributed by atoms with Crippen molar-refractivity contribution in [2.75, 3.05) is 26.3 Å². The number of pyridine rings is 1. The molecule has 1 fully saturated rings. The van der Waals surface area contributed by atoms with Crippen LogP contribution >= 0.6 is 0 Å². The summed E-state index contributed by atoms with van der Waals surface area (Å²) in [6, 6.07) is 14.1. The number of aromatic nitrogens is 3. The second kappa shape index (κ2) is 10.4. The molecule has 2 aromatic carbocycles. The van der Waals surface area contributed by atoms with E-state index in [-0.39, 0.29) is 54.3 Å². The summed E-state index contributed by atoms with van der Waals surface area (Å²) in [6.45, 7) is 0.401. The maximum absolute atomic E-state index is 13.4. The van der Waals surface area contributed by atoms with Crippen molar-refractivity contribution in [1.82, 2.24) is 18.4 Å². The number of hydrogen-bond donors (Lipinski definition) is 0. The van der Waals surface area contributed by atoms with Crippen molar-refractivity contribution >= 4 is 26.8 Å². The summed E-state index contributed by atoms with van der Waals surface area (Å²) < 4.78 is 48.1. The van der Waals surface area contributed by atoms with Crippen molar-refractivity contribution < 1.29 is 22.3 Å². The van der Waals surface area contributed by atoms with Crippen LogP contribution in [0.25, 0.3) is 11.0 Å². The molecular weight excluding hydrogens is 515 g/mol. The van der Waals surface area contributed by atoms with E-state index in [2.05, 4.69) is 4.98 Å². The van der Waals surface area contributed by atoms with Crippen LogP contribution in [0.1, 0.15) is 15.9 Å². The van der Waals surface area contributed by atoms with Gasteiger partial charge in [-0.05, 0) is 42.0 Å². The average molecular weight is 539 g/mol. The molecule has 0 amide bonds. The number of Topliss-reactive ketones (excluding diaryl/α,β-unsaturated/α-hetero) is 1. The van der Waals surface area contributed by atoms with Crippen molar-refractivity contribution in [2.24, 2.45) is 0 Å². The van der Waals surface area contributed by atoms with Crippen molar-refractivity contribution in [3.8, 4) is 0 Å². The van der Waals surface area contributed by atoms with Gasteiger partial charge in [-0.15, -0.1) is 0 Å². The number of carbonyl (C=O) groups excluding carboxylic acids is 1. The second-order valence-corrected chi connectivity index (χ2v) is 10.7. The van der Waals surface area contributed by atoms with Gasteiger partial charge >= 0.3 is 5.69 Å². The molecule has 0 N–H and O–H groups in total. The number of ether oxygens (including phenoxy) is 1. The Morgan fingerprint density at radius 3 is 2.45 bits per heavy atom. The minimum absolute atomic E-state index is 0.00865. The van der Waals surface area contributed by atoms with E-state index < -0.39 is 39.4 Å². The summed E-state index contributed by atoms with van der Waals surface area (Å²) in [5.41, 5.74) is -0.615. The molecule has 0 unspecified atom stereocenters. The number of benzene rings is 2. The molecule has 2 aromatic heterocycles. The van der Waals surface area contributed by atoms with Gasteiger partial charge in [0.1, 0.15) is 5.82 Å². The zero-order chi connectivity index (χ0) is 26.9. The quantitative estimate of drug-likeness (QED) is 0.328. The first-order valence-electron chi connectivity index (χ1n) is 11.8. The van der Waals surface area contributed by atoms with E-state index in [4.69, 9.17) is 4.74 Å². The van der Waals surface area contributed by atoms with Crippen molar-refractivity contribution in [3.63, 3.8) is 0 Å². The Morgan fingerprint density at radius 2 is 1.71 bits per heavy atom. The number of ketones is 1. The number of halogens is 1. The molecule has 12 heteroatoms. The van der Waals surface area contributed by atoms with Gasteiger partial charge < -0.3 is 4.74 Å². The lowest BCUT2D eigenvalue weighted by Gasteiger charge is -2.26. The highest BCUT2D eigenvalue weighted by atomic mass is 32.2. The monoisotopic (exact) mass is 538 g/mol. The van der Waals surface area contributed by atoms with Crippen LogP contribution in [-0.4, -0.2) is 58.9 Å². The summed E-state index contributed by atoms with van der Waals surface area (Å²) in [6.07, 6.45) is 1.41. The Hall–Kier alpha value is -4.00. The molecule has 1 saturated heterocycles. The molecule has 10 nitrogen and oxygen atoms in total. The molecule has 38 heavy (non-hydrogen) atoms. The fraction of sp³-hybridized carbons (Fsp3) is 0.231. The molecule has 3 heterocycles. The molecule has 0 radical (unpaired) electrons. The third kappa shape index (κ3) is 4.93. The van der Waals surface area contributed by atoms with Crippen LogP contribution in [0.2, 0.25) is 0 Å². The number of morpholine rings is 1. The van der Waals surface area contributed by atoms with Crippen LogP contribution < -0.4 is 11.2 Å². The van der Waals surface area contributed by atoms with Gasteiger partial charge in [0.15, 0.2) is 11.3 Å². The van der Waals surface area contributed by atoms with Crippen LogP contribution in [0.5, 0.6) is 0 Å². The molecule has 0 spiro atoms. The third-order valence-electron chi connectivity index (χ3n) is 6.31. The first-order chi connectivity index (χ1) is 18.3. The van der Waals surface area contributed by atoms with Crippen LogP contribution in [0.15, 0.2) is 81.3 Å². The molecule has 0 bridgehead atoms. The topological polar surface area (TPSA) is 121 Å². The van der Waals surface area contributed by atoms with Gasteiger partial charge in [-0.1, -0.05) is 24.3 Å². The Labute approximate surface area is 216 Å². The van der Waals surface area contributed by atoms with Gasteiger partial charge in [-0.2, -0.15) is 4.31 Å². The lowest BCUT2D eigenvalue weighted by molar-refractivity contribution is 0.0730. The maximum atomic E-state index is 13.4. The SMILES string of the molecule is O=C(Cn1c(=O)n(Cc2ccc(F)cc2)c(=O)c2ncccc21)c1cccc(S(=O)(=O)N2CCOCC2)c1. The minimum Gasteiger partial charge on any atom is -0.379 e. The van der Waals surface area contributed by atoms with Crippen molar-refractivity contribution in [1.29, 1.82) is 0 Å². The minimum atomic E-state index is -3.83. The van der Waals surface area contributed by atoms with E-state index in [0.717, 1.165) is 9.13 Å². The number of hydrogen-bond acceptors (Lipinski definition) is 7. The Kier molecular flexibility index (Phi) is 7.02. The molecule has 196 valence electrons. The number of carbonyl (C=O) groups is 1. The van der Waals surface area contributed by atoms with Crippen molar-refractivity contribution in [2.45, 2.75) is 18.0 Å². The summed E-state index contributed by atoms with van der Waals surface area (Å²) in [4.78, 5) is 43.9. The zero-order valence-electron chi connectivity index (χ0n) is 20.1. The average Bonchev–Trinajstić information content (AvgIpc) is 2.95. The van der Waals surface area contributed by atoms with Gasteiger partial charge in [0, 0.05) is 24.8 Å². The van der Waals surface area contributed by atoms with Gasteiger partial charge in [0.05, 0.1) is 36.7 Å². The van der Waals surface area contributed by atoms with Crippen molar-refractivity contribution in [3.05, 3.63) is 105 Å². The molecule has 4 aromatic rings. The molecule has 0 atom stereocenters. The van der Waals surface area contributed by atoms with Crippen LogP contribution in [0, 0.1) is 5.82 Å². The predicted octanol–water partition coefficient (Wildman–Crippen LogP) is 1.65. The Bertz CT molecular complexity index is 1740. The van der Waals surface area contributed by atoms with Gasteiger partial charge in [-0.3, -0.25) is 18.7 Å². The van der Waals surface area contributed by atoms with Gasteiger partial charge in [0.2, 0.25) is 10.0 Å². The third-order valence-corrected chi connectivity index (χ3v) is 8.20. The maximum Gasteiger partial charge on any atom is 0.332 e. The largest absolute Gasteiger partial charge is 0.379 e. The molecule has 0 saturated carbocycles. The summed E-state index contributed by atoms with van der Waals surface area (Å²) in [5.74, 6) is -0.981. The smallest absolute Gasteiger partial charge is 0.332 e. The highest BCUT2D eigenvalue weighted by molar-refractivity contribution is 7.89. The molecule has 1 aliphatic heterocycles. The first-order valence-corrected chi connectivity index (χ1v) is 13.2. The lowest BCUT2D eigenvalue weighted by Crippen LogP contribution is -2.41. The van der Waals surface area contributed by atoms with Gasteiger partial charge in [0.25, 0.3) is 5.56 Å². The molecule has 1 aliphatic rings. The number of fused-ring (bicyclic) bond motifs is 1. The first kappa shape index (κ1) is 25.6. The van der Waals surface area contributed by atoms with E-state index in [0.29, 0.717) is 5.56 Å². The van der Waals surface area contributed by atoms with E-state index in [1.165, 1.54) is 65.1 Å². The van der Waals surface area contributed by atoms with E-state index in [9.17, 15) is 27.2 Å². The second-order valence-electron chi connectivity index (χ2n) is 8.73. The Morgan fingerprint density at radius 1 is 0.974 bits per heavy atom. The standard InChI is InChI=1S/C26H23FN4O6S/c27-20-8-6-18(7-9-20)16-31-25(33)24-22(5-2-10-28-24)30(26(31)34)17-23(32)19-3-1-4-21(15-19)38(35,36)29-11-13-37-14-12-29/h1-10,15H,11-14,16-17H2. The Balaban J connectivity index is 1.52. The number of sulfonamides is 1. The van der Waals surface area contributed by atoms with E-state index >= 15 is 0 Å². The molecule has 5 rings (SSSR count). The van der Waals surface area contributed by atoms with Crippen LogP contribution in [0.3, 0.4) is 0 Å². The highest BCUT2D eigenvalue weighted by Gasteiger charge is 2.27. The van der Waals surface area contributed by atoms with E-state index in [1.807, 2.05) is 0 Å². The number of rotatable bonds is 7. The van der Waals surface area contributed by atoms with Crippen LogP contribution in [0.4, 0.5) is 4.39 Å². The van der Waals surface area contributed by atoms with Crippen LogP contribution in [-0.2, 0) is 27.8 Å². The van der Waals surface area contributed by atoms with E-state index in [1.54, 1.807) is 6.07 Å². The lowest BCUT2D eigenvalue weighted by atomic mass is 10.1. The molecular formula is C26H23FN4O6S. The summed E-state index contributed by atoms with van der Waals surface area (Å²) >= 11 is 0. The fourth-order valence-electron chi connectivity index (χ4n) is 4.31. The normalized spacial score (nSPS) is 14.6.